The van der Waals surface area contributed by atoms with Gasteiger partial charge in [0, 0.05) is 18.0 Å². The van der Waals surface area contributed by atoms with Crippen molar-refractivity contribution < 1.29 is 4.79 Å². The molecule has 0 radical (unpaired) electrons. The molecule has 0 saturated carbocycles. The molecule has 0 unspecified atom stereocenters. The van der Waals surface area contributed by atoms with Crippen molar-refractivity contribution in [3.8, 4) is 11.4 Å². The van der Waals surface area contributed by atoms with E-state index in [0.29, 0.717) is 10.3 Å². The lowest BCUT2D eigenvalue weighted by Gasteiger charge is -2.04. The molecular formula is C15H15N5OS2. The van der Waals surface area contributed by atoms with Gasteiger partial charge in [-0.2, -0.15) is 0 Å². The Labute approximate surface area is 142 Å². The predicted molar refractivity (Wildman–Crippen MR) is 92.6 cm³/mol. The number of thioether (sulfide) groups is 1. The number of thiazole rings is 1. The summed E-state index contributed by atoms with van der Waals surface area (Å²) in [6, 6.07) is 9.84. The Morgan fingerprint density at radius 3 is 2.78 bits per heavy atom. The molecule has 2 heterocycles. The number of anilines is 1. The Balaban J connectivity index is 1.63. The molecule has 8 heteroatoms. The molecule has 0 aliphatic heterocycles. The number of benzene rings is 1. The summed E-state index contributed by atoms with van der Waals surface area (Å²) in [7, 11) is 1.90. The topological polar surface area (TPSA) is 72.7 Å². The number of aromatic nitrogens is 4. The highest BCUT2D eigenvalue weighted by molar-refractivity contribution is 7.99. The Morgan fingerprint density at radius 1 is 1.30 bits per heavy atom. The first-order chi connectivity index (χ1) is 11.1. The van der Waals surface area contributed by atoms with E-state index in [-0.39, 0.29) is 11.7 Å². The highest BCUT2D eigenvalue weighted by Gasteiger charge is 2.13. The highest BCUT2D eigenvalue weighted by atomic mass is 32.2. The van der Waals surface area contributed by atoms with Gasteiger partial charge in [-0.25, -0.2) is 4.98 Å². The molecule has 0 saturated heterocycles. The van der Waals surface area contributed by atoms with Crippen molar-refractivity contribution >= 4 is 34.1 Å². The molecular weight excluding hydrogens is 330 g/mol. The molecule has 6 nitrogen and oxygen atoms in total. The summed E-state index contributed by atoms with van der Waals surface area (Å²) >= 11 is 2.77. The summed E-state index contributed by atoms with van der Waals surface area (Å²) in [6.07, 6.45) is 0. The molecule has 1 N–H and O–H groups in total. The molecule has 3 rings (SSSR count). The van der Waals surface area contributed by atoms with Gasteiger partial charge in [0.25, 0.3) is 0 Å². The standard InChI is InChI=1S/C15H15N5OS2/c1-10-8-22-14(16-10)17-12(21)9-23-15-19-18-13(20(15)2)11-6-4-3-5-7-11/h3-8H,9H2,1-2H3,(H,16,17,21). The van der Waals surface area contributed by atoms with Crippen LogP contribution in [0.1, 0.15) is 5.69 Å². The van der Waals surface area contributed by atoms with Crippen LogP contribution in [0.5, 0.6) is 0 Å². The van der Waals surface area contributed by atoms with E-state index >= 15 is 0 Å². The Kier molecular flexibility index (Phi) is 4.73. The third-order valence-electron chi connectivity index (χ3n) is 3.06. The molecule has 2 aromatic heterocycles. The number of carbonyl (C=O) groups is 1. The van der Waals surface area contributed by atoms with Crippen LogP contribution in [0.4, 0.5) is 5.13 Å². The van der Waals surface area contributed by atoms with E-state index in [1.807, 2.05) is 54.3 Å². The summed E-state index contributed by atoms with van der Waals surface area (Å²) < 4.78 is 1.89. The fraction of sp³-hybridized carbons (Fsp3) is 0.200. The quantitative estimate of drug-likeness (QED) is 0.720. The second kappa shape index (κ2) is 6.93. The molecule has 0 aliphatic rings. The SMILES string of the molecule is Cc1csc(NC(=O)CSc2nnc(-c3ccccc3)n2C)n1. The molecule has 1 amide bonds. The highest BCUT2D eigenvalue weighted by Crippen LogP contribution is 2.22. The van der Waals surface area contributed by atoms with Crippen molar-refractivity contribution in [1.82, 2.24) is 19.7 Å². The molecule has 0 aliphatic carbocycles. The number of nitrogens with one attached hydrogen (secondary N) is 1. The Bertz CT molecular complexity index is 812. The Hall–Kier alpha value is -2.19. The van der Waals surface area contributed by atoms with Crippen LogP contribution in [-0.2, 0) is 11.8 Å². The van der Waals surface area contributed by atoms with Gasteiger partial charge in [-0.05, 0) is 6.92 Å². The van der Waals surface area contributed by atoms with Crippen LogP contribution in [0.2, 0.25) is 0 Å². The van der Waals surface area contributed by atoms with Gasteiger partial charge < -0.3 is 9.88 Å². The van der Waals surface area contributed by atoms with Crippen LogP contribution in [0.3, 0.4) is 0 Å². The zero-order valence-corrected chi connectivity index (χ0v) is 14.3. The maximum atomic E-state index is 12.0. The van der Waals surface area contributed by atoms with Crippen LogP contribution in [0.25, 0.3) is 11.4 Å². The lowest BCUT2D eigenvalue weighted by Crippen LogP contribution is -2.14. The van der Waals surface area contributed by atoms with Crippen molar-refractivity contribution in [2.45, 2.75) is 12.1 Å². The van der Waals surface area contributed by atoms with E-state index < -0.39 is 0 Å². The van der Waals surface area contributed by atoms with Gasteiger partial charge in [-0.3, -0.25) is 4.79 Å². The average molecular weight is 345 g/mol. The van der Waals surface area contributed by atoms with E-state index in [2.05, 4.69) is 20.5 Å². The molecule has 0 spiro atoms. The van der Waals surface area contributed by atoms with Crippen LogP contribution >= 0.6 is 23.1 Å². The minimum Gasteiger partial charge on any atom is -0.305 e. The van der Waals surface area contributed by atoms with Gasteiger partial charge in [0.2, 0.25) is 5.91 Å². The first-order valence-electron chi connectivity index (χ1n) is 6.93. The number of amides is 1. The Morgan fingerprint density at radius 2 is 2.09 bits per heavy atom. The number of hydrogen-bond donors (Lipinski definition) is 1. The van der Waals surface area contributed by atoms with E-state index in [4.69, 9.17) is 0 Å². The first kappa shape index (κ1) is 15.7. The molecule has 0 atom stereocenters. The monoisotopic (exact) mass is 345 g/mol. The van der Waals surface area contributed by atoms with Crippen molar-refractivity contribution in [1.29, 1.82) is 0 Å². The molecule has 0 fully saturated rings. The second-order valence-electron chi connectivity index (χ2n) is 4.86. The molecule has 1 aromatic carbocycles. The summed E-state index contributed by atoms with van der Waals surface area (Å²) in [4.78, 5) is 16.2. The van der Waals surface area contributed by atoms with Crippen LogP contribution < -0.4 is 5.32 Å². The third-order valence-corrected chi connectivity index (χ3v) is 4.96. The van der Waals surface area contributed by atoms with E-state index in [1.165, 1.54) is 23.1 Å². The van der Waals surface area contributed by atoms with Crippen LogP contribution in [-0.4, -0.2) is 31.4 Å². The van der Waals surface area contributed by atoms with Gasteiger partial charge in [0.05, 0.1) is 11.4 Å². The summed E-state index contributed by atoms with van der Waals surface area (Å²) in [6.45, 7) is 1.89. The summed E-state index contributed by atoms with van der Waals surface area (Å²) in [5.41, 5.74) is 1.90. The smallest absolute Gasteiger partial charge is 0.236 e. The van der Waals surface area contributed by atoms with Crippen molar-refractivity contribution in [2.75, 3.05) is 11.1 Å². The predicted octanol–water partition coefficient (Wildman–Crippen LogP) is 2.98. The normalized spacial score (nSPS) is 10.7. The lowest BCUT2D eigenvalue weighted by molar-refractivity contribution is -0.113. The molecule has 0 bridgehead atoms. The van der Waals surface area contributed by atoms with E-state index in [9.17, 15) is 4.79 Å². The molecule has 118 valence electrons. The number of aryl methyl sites for hydroxylation is 1. The van der Waals surface area contributed by atoms with Crippen LogP contribution in [0, 0.1) is 6.92 Å². The van der Waals surface area contributed by atoms with Gasteiger partial charge in [-0.1, -0.05) is 42.1 Å². The molecule has 3 aromatic rings. The van der Waals surface area contributed by atoms with E-state index in [0.717, 1.165) is 17.1 Å². The van der Waals surface area contributed by atoms with Gasteiger partial charge >= 0.3 is 0 Å². The zero-order chi connectivity index (χ0) is 16.2. The largest absolute Gasteiger partial charge is 0.305 e. The third kappa shape index (κ3) is 3.77. The van der Waals surface area contributed by atoms with Crippen LogP contribution in [0.15, 0.2) is 40.9 Å². The number of rotatable bonds is 5. The fourth-order valence-electron chi connectivity index (χ4n) is 1.98. The summed E-state index contributed by atoms with van der Waals surface area (Å²) in [5, 5.41) is 14.4. The maximum absolute atomic E-state index is 12.0. The number of hydrogen-bond acceptors (Lipinski definition) is 6. The molecule has 23 heavy (non-hydrogen) atoms. The van der Waals surface area contributed by atoms with E-state index in [1.54, 1.807) is 0 Å². The lowest BCUT2D eigenvalue weighted by atomic mass is 10.2. The van der Waals surface area contributed by atoms with Crippen molar-refractivity contribution in [3.05, 3.63) is 41.4 Å². The minimum absolute atomic E-state index is 0.103. The average Bonchev–Trinajstić information content (AvgIpc) is 3.12. The number of carbonyl (C=O) groups excluding carboxylic acids is 1. The maximum Gasteiger partial charge on any atom is 0.236 e. The first-order valence-corrected chi connectivity index (χ1v) is 8.79. The second-order valence-corrected chi connectivity index (χ2v) is 6.66. The van der Waals surface area contributed by atoms with Gasteiger partial charge in [-0.15, -0.1) is 21.5 Å². The van der Waals surface area contributed by atoms with Crippen molar-refractivity contribution in [3.63, 3.8) is 0 Å². The zero-order valence-electron chi connectivity index (χ0n) is 12.7. The van der Waals surface area contributed by atoms with Gasteiger partial charge in [0.1, 0.15) is 0 Å². The number of nitrogens with zero attached hydrogens (tertiary/aromatic N) is 4. The fourth-order valence-corrected chi connectivity index (χ4v) is 3.39. The minimum atomic E-state index is -0.103. The van der Waals surface area contributed by atoms with Gasteiger partial charge in [0.15, 0.2) is 16.1 Å². The summed E-state index contributed by atoms with van der Waals surface area (Å²) in [5.74, 6) is 0.942. The van der Waals surface area contributed by atoms with Crippen molar-refractivity contribution in [2.24, 2.45) is 7.05 Å².